The van der Waals surface area contributed by atoms with E-state index < -0.39 is 28.4 Å². The number of hydrogen-bond donors (Lipinski definition) is 1. The fourth-order valence-corrected chi connectivity index (χ4v) is 7.14. The van der Waals surface area contributed by atoms with Gasteiger partial charge in [-0.25, -0.2) is 13.2 Å². The van der Waals surface area contributed by atoms with Crippen LogP contribution < -0.4 is 9.62 Å². The first-order valence-corrected chi connectivity index (χ1v) is 14.7. The maximum atomic E-state index is 13.7. The van der Waals surface area contributed by atoms with E-state index in [0.717, 1.165) is 51.6 Å². The van der Waals surface area contributed by atoms with Crippen LogP contribution in [0.5, 0.6) is 0 Å². The number of fused-ring (bicyclic) bond motifs is 1. The number of amides is 1. The van der Waals surface area contributed by atoms with E-state index >= 15 is 0 Å². The number of aryl methyl sites for hydroxylation is 3. The van der Waals surface area contributed by atoms with Crippen molar-refractivity contribution in [3.05, 3.63) is 74.6 Å². The summed E-state index contributed by atoms with van der Waals surface area (Å²) in [4.78, 5) is 27.2. The van der Waals surface area contributed by atoms with Crippen molar-refractivity contribution in [3.63, 3.8) is 0 Å². The third-order valence-corrected chi connectivity index (χ3v) is 9.65. The van der Waals surface area contributed by atoms with Gasteiger partial charge in [-0.1, -0.05) is 35.4 Å². The highest BCUT2D eigenvalue weighted by molar-refractivity contribution is 7.92. The molecule has 1 aromatic heterocycles. The lowest BCUT2D eigenvalue weighted by Gasteiger charge is -2.24. The maximum absolute atomic E-state index is 13.7. The van der Waals surface area contributed by atoms with E-state index in [1.165, 1.54) is 29.5 Å². The average Bonchev–Trinajstić information content (AvgIpc) is 3.22. The van der Waals surface area contributed by atoms with Crippen molar-refractivity contribution in [1.82, 2.24) is 0 Å². The molecule has 0 unspecified atom stereocenters. The Morgan fingerprint density at radius 1 is 1.08 bits per heavy atom. The number of hydrogen-bond acceptors (Lipinski definition) is 6. The molecule has 37 heavy (non-hydrogen) atoms. The van der Waals surface area contributed by atoms with Crippen LogP contribution in [0.15, 0.2) is 47.4 Å². The second kappa shape index (κ2) is 11.2. The Labute approximate surface area is 226 Å². The summed E-state index contributed by atoms with van der Waals surface area (Å²) in [5.41, 5.74) is 3.25. The minimum atomic E-state index is -4.10. The molecule has 10 heteroatoms. The summed E-state index contributed by atoms with van der Waals surface area (Å²) in [6, 6.07) is 11.3. The Bertz CT molecular complexity index is 1430. The zero-order valence-corrected chi connectivity index (χ0v) is 23.4. The highest BCUT2D eigenvalue weighted by atomic mass is 35.5. The molecule has 1 aliphatic carbocycles. The van der Waals surface area contributed by atoms with Crippen LogP contribution in [0, 0.1) is 13.8 Å². The van der Waals surface area contributed by atoms with Crippen molar-refractivity contribution < 1.29 is 22.7 Å². The SMILES string of the molecule is CCOC(=O)c1c(NC(=O)CN(c2ccc(C)c(Cl)c2)S(=O)(=O)c2ccc(C)cc2)sc2c1CCCC2. The van der Waals surface area contributed by atoms with Gasteiger partial charge in [0.1, 0.15) is 11.5 Å². The number of carbonyl (C=O) groups excluding carboxylic acids is 2. The van der Waals surface area contributed by atoms with Crippen LogP contribution in [0.25, 0.3) is 0 Å². The van der Waals surface area contributed by atoms with Crippen LogP contribution in [-0.4, -0.2) is 33.4 Å². The summed E-state index contributed by atoms with van der Waals surface area (Å²) in [6.07, 6.45) is 3.55. The fraction of sp³-hybridized carbons (Fsp3) is 0.333. The van der Waals surface area contributed by atoms with Crippen LogP contribution in [0.1, 0.15) is 51.7 Å². The zero-order chi connectivity index (χ0) is 26.7. The third kappa shape index (κ3) is 5.84. The van der Waals surface area contributed by atoms with Crippen molar-refractivity contribution in [3.8, 4) is 0 Å². The monoisotopic (exact) mass is 560 g/mol. The number of nitrogens with zero attached hydrogens (tertiary/aromatic N) is 1. The van der Waals surface area contributed by atoms with Crippen molar-refractivity contribution in [1.29, 1.82) is 0 Å². The Hall–Kier alpha value is -2.88. The molecular formula is C27H29ClN2O5S2. The first-order valence-electron chi connectivity index (χ1n) is 12.1. The summed E-state index contributed by atoms with van der Waals surface area (Å²) in [5.74, 6) is -1.05. The van der Waals surface area contributed by atoms with E-state index in [2.05, 4.69) is 5.32 Å². The number of carbonyl (C=O) groups is 2. The molecule has 0 atom stereocenters. The normalized spacial score (nSPS) is 13.1. The average molecular weight is 561 g/mol. The third-order valence-electron chi connectivity index (χ3n) is 6.24. The fourth-order valence-electron chi connectivity index (χ4n) is 4.26. The number of halogens is 1. The van der Waals surface area contributed by atoms with Crippen LogP contribution in [0.4, 0.5) is 10.7 Å². The van der Waals surface area contributed by atoms with Crippen molar-refractivity contribution >= 4 is 55.5 Å². The molecule has 3 aromatic rings. The first kappa shape index (κ1) is 27.2. The van der Waals surface area contributed by atoms with E-state index in [9.17, 15) is 18.0 Å². The molecule has 7 nitrogen and oxygen atoms in total. The molecule has 1 N–H and O–H groups in total. The lowest BCUT2D eigenvalue weighted by molar-refractivity contribution is -0.114. The van der Waals surface area contributed by atoms with Gasteiger partial charge in [0.15, 0.2) is 0 Å². The molecule has 196 valence electrons. The van der Waals surface area contributed by atoms with Gasteiger partial charge in [0.2, 0.25) is 5.91 Å². The molecule has 0 saturated carbocycles. The number of anilines is 2. The topological polar surface area (TPSA) is 92.8 Å². The van der Waals surface area contributed by atoms with Crippen molar-refractivity contribution in [2.45, 2.75) is 51.3 Å². The molecule has 4 rings (SSSR count). The Morgan fingerprint density at radius 3 is 2.46 bits per heavy atom. The van der Waals surface area contributed by atoms with Gasteiger partial charge in [0, 0.05) is 9.90 Å². The molecule has 0 fully saturated rings. The number of ether oxygens (including phenoxy) is 1. The molecule has 1 heterocycles. The standard InChI is InChI=1S/C27H29ClN2O5S2/c1-4-35-27(32)25-21-7-5-6-8-23(21)36-26(25)29-24(31)16-30(19-12-11-18(3)22(28)15-19)37(33,34)20-13-9-17(2)10-14-20/h9-15H,4-8,16H2,1-3H3,(H,29,31). The van der Waals surface area contributed by atoms with E-state index in [1.54, 1.807) is 31.2 Å². The second-order valence-corrected chi connectivity index (χ2v) is 12.3. The molecule has 1 amide bonds. The van der Waals surface area contributed by atoms with Gasteiger partial charge in [0.05, 0.1) is 22.8 Å². The number of thiophene rings is 1. The molecule has 0 saturated heterocycles. The number of esters is 1. The minimum Gasteiger partial charge on any atom is -0.462 e. The van der Waals surface area contributed by atoms with Gasteiger partial charge in [-0.05, 0) is 81.8 Å². The summed E-state index contributed by atoms with van der Waals surface area (Å²) in [5, 5.41) is 3.59. The quantitative estimate of drug-likeness (QED) is 0.346. The largest absolute Gasteiger partial charge is 0.462 e. The molecule has 0 radical (unpaired) electrons. The van der Waals surface area contributed by atoms with Gasteiger partial charge < -0.3 is 10.1 Å². The summed E-state index contributed by atoms with van der Waals surface area (Å²) < 4.78 is 33.7. The predicted molar refractivity (Wildman–Crippen MR) is 147 cm³/mol. The molecule has 1 aliphatic rings. The number of sulfonamides is 1. The van der Waals surface area contributed by atoms with Crippen LogP contribution >= 0.6 is 22.9 Å². The Kier molecular flexibility index (Phi) is 8.26. The highest BCUT2D eigenvalue weighted by Crippen LogP contribution is 2.39. The lowest BCUT2D eigenvalue weighted by atomic mass is 9.95. The maximum Gasteiger partial charge on any atom is 0.341 e. The van der Waals surface area contributed by atoms with Crippen molar-refractivity contribution in [2.75, 3.05) is 22.8 Å². The molecule has 2 aromatic carbocycles. The summed E-state index contributed by atoms with van der Waals surface area (Å²) >= 11 is 7.67. The summed E-state index contributed by atoms with van der Waals surface area (Å²) in [7, 11) is -4.10. The van der Waals surface area contributed by atoms with E-state index in [4.69, 9.17) is 16.3 Å². The van der Waals surface area contributed by atoms with E-state index in [-0.39, 0.29) is 17.2 Å². The second-order valence-electron chi connectivity index (χ2n) is 8.94. The predicted octanol–water partition coefficient (Wildman–Crippen LogP) is 5.91. The lowest BCUT2D eigenvalue weighted by Crippen LogP contribution is -2.38. The van der Waals surface area contributed by atoms with Gasteiger partial charge in [-0.2, -0.15) is 0 Å². The van der Waals surface area contributed by atoms with Crippen LogP contribution in [0.2, 0.25) is 5.02 Å². The Balaban J connectivity index is 1.69. The molecule has 0 spiro atoms. The van der Waals surface area contributed by atoms with Gasteiger partial charge in [-0.3, -0.25) is 9.10 Å². The Morgan fingerprint density at radius 2 is 1.78 bits per heavy atom. The van der Waals surface area contributed by atoms with E-state index in [0.29, 0.717) is 15.6 Å². The zero-order valence-electron chi connectivity index (χ0n) is 21.0. The number of rotatable bonds is 8. The number of benzene rings is 2. The number of nitrogens with one attached hydrogen (secondary N) is 1. The van der Waals surface area contributed by atoms with E-state index in [1.807, 2.05) is 13.8 Å². The van der Waals surface area contributed by atoms with Gasteiger partial charge >= 0.3 is 5.97 Å². The van der Waals surface area contributed by atoms with Crippen LogP contribution in [-0.2, 0) is 32.4 Å². The van der Waals surface area contributed by atoms with Crippen molar-refractivity contribution in [2.24, 2.45) is 0 Å². The van der Waals surface area contributed by atoms with Gasteiger partial charge in [-0.15, -0.1) is 11.3 Å². The van der Waals surface area contributed by atoms with Crippen LogP contribution in [0.3, 0.4) is 0 Å². The summed E-state index contributed by atoms with van der Waals surface area (Å²) in [6.45, 7) is 5.12. The van der Waals surface area contributed by atoms with Gasteiger partial charge in [0.25, 0.3) is 10.0 Å². The smallest absolute Gasteiger partial charge is 0.341 e. The molecular weight excluding hydrogens is 532 g/mol. The molecule has 0 bridgehead atoms. The molecule has 0 aliphatic heterocycles. The minimum absolute atomic E-state index is 0.0568. The highest BCUT2D eigenvalue weighted by Gasteiger charge is 2.30. The first-order chi connectivity index (χ1) is 17.6.